The van der Waals surface area contributed by atoms with Gasteiger partial charge in [-0.2, -0.15) is 0 Å². The van der Waals surface area contributed by atoms with Crippen LogP contribution in [-0.2, 0) is 22.6 Å². The number of methoxy groups -OCH3 is 1. The molecule has 1 aliphatic carbocycles. The van der Waals surface area contributed by atoms with Gasteiger partial charge in [0.1, 0.15) is 5.75 Å². The Balaban J connectivity index is 1.30. The van der Waals surface area contributed by atoms with Crippen molar-refractivity contribution in [1.82, 2.24) is 15.5 Å². The summed E-state index contributed by atoms with van der Waals surface area (Å²) in [4.78, 5) is 27.0. The lowest BCUT2D eigenvalue weighted by Crippen LogP contribution is -2.35. The number of benzene rings is 2. The lowest BCUT2D eigenvalue weighted by Gasteiger charge is -2.19. The molecule has 2 aromatic rings. The summed E-state index contributed by atoms with van der Waals surface area (Å²) >= 11 is 0. The summed E-state index contributed by atoms with van der Waals surface area (Å²) in [5, 5.41) is 6.15. The first-order chi connectivity index (χ1) is 15.5. The number of carbonyl (C=O) groups is 2. The van der Waals surface area contributed by atoms with Gasteiger partial charge in [0, 0.05) is 38.0 Å². The molecule has 1 saturated carbocycles. The Hall–Kier alpha value is -2.86. The maximum Gasteiger partial charge on any atom is 0.225 e. The van der Waals surface area contributed by atoms with Gasteiger partial charge in [-0.15, -0.1) is 0 Å². The molecule has 4 rings (SSSR count). The Bertz CT molecular complexity index is 922. The van der Waals surface area contributed by atoms with Crippen molar-refractivity contribution in [3.8, 4) is 5.75 Å². The lowest BCUT2D eigenvalue weighted by molar-refractivity contribution is -0.125. The van der Waals surface area contributed by atoms with Crippen molar-refractivity contribution in [3.05, 3.63) is 65.2 Å². The highest BCUT2D eigenvalue weighted by atomic mass is 16.5. The van der Waals surface area contributed by atoms with Crippen molar-refractivity contribution in [2.75, 3.05) is 33.8 Å². The largest absolute Gasteiger partial charge is 0.497 e. The van der Waals surface area contributed by atoms with E-state index in [4.69, 9.17) is 4.74 Å². The van der Waals surface area contributed by atoms with Crippen LogP contribution in [0.15, 0.2) is 48.5 Å². The number of likely N-dealkylation sites (tertiary alicyclic amines) is 1. The zero-order valence-corrected chi connectivity index (χ0v) is 19.0. The highest BCUT2D eigenvalue weighted by Gasteiger charge is 2.36. The van der Waals surface area contributed by atoms with Crippen LogP contribution < -0.4 is 15.4 Å². The molecule has 0 spiro atoms. The summed E-state index contributed by atoms with van der Waals surface area (Å²) < 4.78 is 5.19. The second-order valence-corrected chi connectivity index (χ2v) is 9.06. The van der Waals surface area contributed by atoms with E-state index in [9.17, 15) is 9.59 Å². The second-order valence-electron chi connectivity index (χ2n) is 9.06. The van der Waals surface area contributed by atoms with E-state index in [1.165, 1.54) is 11.1 Å². The van der Waals surface area contributed by atoms with E-state index in [1.54, 1.807) is 7.11 Å². The lowest BCUT2D eigenvalue weighted by atomic mass is 9.88. The van der Waals surface area contributed by atoms with E-state index in [0.717, 1.165) is 43.7 Å². The summed E-state index contributed by atoms with van der Waals surface area (Å²) in [6.07, 6.45) is 2.83. The molecule has 2 N–H and O–H groups in total. The first-order valence-corrected chi connectivity index (χ1v) is 11.5. The van der Waals surface area contributed by atoms with Crippen LogP contribution in [0.2, 0.25) is 0 Å². The normalized spacial score (nSPS) is 20.7. The molecule has 170 valence electrons. The standard InChI is InChI=1S/C26H33N3O3/c1-29-16-23(20-7-3-19(4-8-20)15-28-25(30)21-9-10-21)24(17-29)26(31)27-14-13-18-5-11-22(32-2)12-6-18/h3-8,11-12,21,23-24H,9-10,13-17H2,1-2H3,(H,27,31)(H,28,30)/t23-,24-/m0/s1. The van der Waals surface area contributed by atoms with Gasteiger partial charge in [0.15, 0.2) is 0 Å². The minimum absolute atomic E-state index is 0.0590. The average molecular weight is 436 g/mol. The quantitative estimate of drug-likeness (QED) is 0.635. The Morgan fingerprint density at radius 2 is 1.62 bits per heavy atom. The minimum Gasteiger partial charge on any atom is -0.497 e. The maximum atomic E-state index is 13.0. The van der Waals surface area contributed by atoms with Crippen LogP contribution in [0, 0.1) is 11.8 Å². The van der Waals surface area contributed by atoms with Crippen molar-refractivity contribution in [2.45, 2.75) is 31.7 Å². The van der Waals surface area contributed by atoms with Crippen LogP contribution in [0.4, 0.5) is 0 Å². The molecule has 0 unspecified atom stereocenters. The molecule has 1 saturated heterocycles. The molecule has 2 atom stereocenters. The Morgan fingerprint density at radius 1 is 0.938 bits per heavy atom. The van der Waals surface area contributed by atoms with Gasteiger partial charge >= 0.3 is 0 Å². The number of nitrogens with one attached hydrogen (secondary N) is 2. The molecular weight excluding hydrogens is 402 g/mol. The van der Waals surface area contributed by atoms with Gasteiger partial charge in [0.25, 0.3) is 0 Å². The number of ether oxygens (including phenoxy) is 1. The number of hydrogen-bond donors (Lipinski definition) is 2. The summed E-state index contributed by atoms with van der Waals surface area (Å²) in [7, 11) is 3.73. The fourth-order valence-electron chi connectivity index (χ4n) is 4.42. The first kappa shape index (κ1) is 22.3. The molecule has 2 aliphatic rings. The molecule has 6 nitrogen and oxygen atoms in total. The van der Waals surface area contributed by atoms with Crippen LogP contribution in [0.25, 0.3) is 0 Å². The Kier molecular flexibility index (Phi) is 7.10. The van der Waals surface area contributed by atoms with Gasteiger partial charge in [0.2, 0.25) is 11.8 Å². The van der Waals surface area contributed by atoms with Crippen molar-refractivity contribution >= 4 is 11.8 Å². The van der Waals surface area contributed by atoms with Crippen LogP contribution in [0.3, 0.4) is 0 Å². The zero-order valence-electron chi connectivity index (χ0n) is 19.0. The molecule has 1 aliphatic heterocycles. The fraction of sp³-hybridized carbons (Fsp3) is 0.462. The number of hydrogen-bond acceptors (Lipinski definition) is 4. The van der Waals surface area contributed by atoms with E-state index in [-0.39, 0.29) is 29.6 Å². The van der Waals surface area contributed by atoms with Crippen molar-refractivity contribution in [2.24, 2.45) is 11.8 Å². The highest BCUT2D eigenvalue weighted by Crippen LogP contribution is 2.32. The number of likely N-dealkylation sites (N-methyl/N-ethyl adjacent to an activating group) is 1. The van der Waals surface area contributed by atoms with E-state index in [0.29, 0.717) is 13.1 Å². The predicted molar refractivity (Wildman–Crippen MR) is 124 cm³/mol. The minimum atomic E-state index is -0.0590. The topological polar surface area (TPSA) is 70.7 Å². The summed E-state index contributed by atoms with van der Waals surface area (Å²) in [6.45, 7) is 2.82. The Morgan fingerprint density at radius 3 is 2.28 bits per heavy atom. The monoisotopic (exact) mass is 435 g/mol. The molecule has 2 amide bonds. The zero-order chi connectivity index (χ0) is 22.5. The smallest absolute Gasteiger partial charge is 0.225 e. The summed E-state index contributed by atoms with van der Waals surface area (Å²) in [5.41, 5.74) is 3.45. The van der Waals surface area contributed by atoms with Crippen LogP contribution >= 0.6 is 0 Å². The van der Waals surface area contributed by atoms with Gasteiger partial charge in [-0.25, -0.2) is 0 Å². The molecule has 1 heterocycles. The average Bonchev–Trinajstić information content (AvgIpc) is 3.59. The molecule has 32 heavy (non-hydrogen) atoms. The third-order valence-corrected chi connectivity index (χ3v) is 6.53. The number of rotatable bonds is 9. The van der Waals surface area contributed by atoms with E-state index in [1.807, 2.05) is 24.3 Å². The van der Waals surface area contributed by atoms with Crippen molar-refractivity contribution in [1.29, 1.82) is 0 Å². The number of amides is 2. The van der Waals surface area contributed by atoms with Gasteiger partial charge in [0.05, 0.1) is 13.0 Å². The Labute approximate surface area is 190 Å². The van der Waals surface area contributed by atoms with Crippen molar-refractivity contribution < 1.29 is 14.3 Å². The van der Waals surface area contributed by atoms with Crippen LogP contribution in [0.5, 0.6) is 5.75 Å². The first-order valence-electron chi connectivity index (χ1n) is 11.5. The van der Waals surface area contributed by atoms with Gasteiger partial charge < -0.3 is 20.3 Å². The maximum absolute atomic E-state index is 13.0. The third kappa shape index (κ3) is 5.68. The molecule has 0 aromatic heterocycles. The fourth-order valence-corrected chi connectivity index (χ4v) is 4.42. The van der Waals surface area contributed by atoms with Crippen LogP contribution in [-0.4, -0.2) is 50.5 Å². The summed E-state index contributed by atoms with van der Waals surface area (Å²) in [6, 6.07) is 16.3. The number of carbonyl (C=O) groups excluding carboxylic acids is 2. The van der Waals surface area contributed by atoms with Crippen LogP contribution in [0.1, 0.15) is 35.4 Å². The molecular formula is C26H33N3O3. The predicted octanol–water partition coefficient (Wildman–Crippen LogP) is 2.73. The van der Waals surface area contributed by atoms with E-state index >= 15 is 0 Å². The molecule has 6 heteroatoms. The van der Waals surface area contributed by atoms with Gasteiger partial charge in [-0.3, -0.25) is 9.59 Å². The SMILES string of the molecule is COc1ccc(CCNC(=O)[C@H]2CN(C)C[C@H]2c2ccc(CNC(=O)C3CC3)cc2)cc1. The third-order valence-electron chi connectivity index (χ3n) is 6.53. The molecule has 0 bridgehead atoms. The molecule has 2 fully saturated rings. The highest BCUT2D eigenvalue weighted by molar-refractivity contribution is 5.81. The molecule has 0 radical (unpaired) electrons. The van der Waals surface area contributed by atoms with Crippen molar-refractivity contribution in [3.63, 3.8) is 0 Å². The van der Waals surface area contributed by atoms with Gasteiger partial charge in [-0.1, -0.05) is 36.4 Å². The van der Waals surface area contributed by atoms with E-state index in [2.05, 4.69) is 46.8 Å². The second kappa shape index (κ2) is 10.2. The summed E-state index contributed by atoms with van der Waals surface area (Å²) in [5.74, 6) is 1.47. The van der Waals surface area contributed by atoms with Gasteiger partial charge in [-0.05, 0) is 55.1 Å². The number of nitrogens with zero attached hydrogens (tertiary/aromatic N) is 1. The van der Waals surface area contributed by atoms with E-state index < -0.39 is 0 Å². The molecule has 2 aromatic carbocycles.